The molecule has 0 aliphatic heterocycles. The first-order valence-corrected chi connectivity index (χ1v) is 16.1. The van der Waals surface area contributed by atoms with Gasteiger partial charge in [0.25, 0.3) is 0 Å². The minimum absolute atomic E-state index is 0.456. The summed E-state index contributed by atoms with van der Waals surface area (Å²) >= 11 is 1.89. The van der Waals surface area contributed by atoms with Gasteiger partial charge in [0.2, 0.25) is 0 Å². The van der Waals surface area contributed by atoms with Gasteiger partial charge >= 0.3 is 0 Å². The summed E-state index contributed by atoms with van der Waals surface area (Å²) in [6, 6.07) is 41.2. The van der Waals surface area contributed by atoms with E-state index < -0.39 is 5.41 Å². The van der Waals surface area contributed by atoms with E-state index in [4.69, 9.17) is 15.0 Å². The third-order valence-corrected chi connectivity index (χ3v) is 10.6. The summed E-state index contributed by atoms with van der Waals surface area (Å²) in [5.41, 5.74) is 11.4. The molecule has 0 fully saturated rings. The third kappa shape index (κ3) is 3.42. The van der Waals surface area contributed by atoms with E-state index in [1.807, 2.05) is 35.6 Å². The van der Waals surface area contributed by atoms with Gasteiger partial charge in [-0.3, -0.25) is 9.97 Å². The normalized spacial score (nSPS) is 13.4. The molecule has 0 N–H and O–H groups in total. The van der Waals surface area contributed by atoms with Crippen molar-refractivity contribution < 1.29 is 0 Å². The summed E-state index contributed by atoms with van der Waals surface area (Å²) in [5, 5.41) is 1.31. The van der Waals surface area contributed by atoms with Crippen molar-refractivity contribution in [2.75, 3.05) is 0 Å². The molecule has 8 aromatic rings. The van der Waals surface area contributed by atoms with E-state index in [-0.39, 0.29) is 0 Å². The van der Waals surface area contributed by atoms with Crippen LogP contribution in [0.15, 0.2) is 140 Å². The topological polar surface area (TPSA) is 64.5 Å². The van der Waals surface area contributed by atoms with E-state index in [0.29, 0.717) is 17.5 Å². The molecule has 46 heavy (non-hydrogen) atoms. The molecule has 0 atom stereocenters. The zero-order valence-corrected chi connectivity index (χ0v) is 25.2. The van der Waals surface area contributed by atoms with Crippen LogP contribution in [0.25, 0.3) is 65.8 Å². The van der Waals surface area contributed by atoms with Crippen LogP contribution < -0.4 is 0 Å². The van der Waals surface area contributed by atoms with E-state index in [1.54, 1.807) is 24.8 Å². The Morgan fingerprint density at radius 2 is 1.00 bits per heavy atom. The van der Waals surface area contributed by atoms with Gasteiger partial charge in [-0.2, -0.15) is 0 Å². The predicted octanol–water partition coefficient (Wildman–Crippen LogP) is 9.22. The van der Waals surface area contributed by atoms with Crippen molar-refractivity contribution >= 4 is 21.4 Å². The molecule has 0 bridgehead atoms. The minimum atomic E-state index is -0.456. The van der Waals surface area contributed by atoms with E-state index >= 15 is 0 Å². The largest absolute Gasteiger partial charge is 0.265 e. The Morgan fingerprint density at radius 3 is 1.63 bits per heavy atom. The van der Waals surface area contributed by atoms with Gasteiger partial charge in [-0.25, -0.2) is 15.0 Å². The second-order valence-electron chi connectivity index (χ2n) is 11.7. The van der Waals surface area contributed by atoms with Gasteiger partial charge in [0, 0.05) is 51.1 Å². The molecular formula is C40H23N5S. The number of thiophene rings is 1. The zero-order chi connectivity index (χ0) is 30.2. The Labute approximate surface area is 269 Å². The van der Waals surface area contributed by atoms with Crippen molar-refractivity contribution in [3.8, 4) is 55.7 Å². The average molecular weight is 606 g/mol. The summed E-state index contributed by atoms with van der Waals surface area (Å²) in [7, 11) is 0. The summed E-state index contributed by atoms with van der Waals surface area (Å²) in [6.07, 6.45) is 7.06. The number of fused-ring (bicyclic) bond motifs is 12. The predicted molar refractivity (Wildman–Crippen MR) is 183 cm³/mol. The maximum absolute atomic E-state index is 5.05. The number of benzene rings is 4. The quantitative estimate of drug-likeness (QED) is 0.201. The fourth-order valence-corrected chi connectivity index (χ4v) is 8.79. The highest BCUT2D eigenvalue weighted by Crippen LogP contribution is 2.66. The third-order valence-electron chi connectivity index (χ3n) is 9.36. The number of rotatable bonds is 3. The number of hydrogen-bond donors (Lipinski definition) is 0. The van der Waals surface area contributed by atoms with E-state index in [0.717, 1.165) is 16.7 Å². The average Bonchev–Trinajstić information content (AvgIpc) is 3.75. The van der Waals surface area contributed by atoms with Crippen LogP contribution in [0.3, 0.4) is 0 Å². The molecule has 4 aromatic heterocycles. The molecule has 4 aromatic carbocycles. The molecule has 214 valence electrons. The van der Waals surface area contributed by atoms with E-state index in [2.05, 4.69) is 101 Å². The summed E-state index contributed by atoms with van der Waals surface area (Å²) in [6.45, 7) is 0. The van der Waals surface area contributed by atoms with Gasteiger partial charge in [-0.15, -0.1) is 11.3 Å². The standard InChI is InChI=1S/C40H23N5S/c1-4-10-31-27(7-1)28-8-2-5-11-32(28)40(31)33-23-26(13-14-29(33)36-35(40)30-9-3-6-12-34(30)46-36)39-44-37(24-15-19-41-20-16-24)43-38(45-39)25-17-21-42-22-18-25/h1-23H. The number of aromatic nitrogens is 5. The first-order valence-electron chi connectivity index (χ1n) is 15.2. The maximum Gasteiger partial charge on any atom is 0.164 e. The highest BCUT2D eigenvalue weighted by Gasteiger charge is 2.53. The van der Waals surface area contributed by atoms with Crippen molar-refractivity contribution in [1.82, 2.24) is 24.9 Å². The molecule has 0 saturated heterocycles. The minimum Gasteiger partial charge on any atom is -0.265 e. The Morgan fingerprint density at radius 1 is 0.457 bits per heavy atom. The van der Waals surface area contributed by atoms with Gasteiger partial charge in [-0.1, -0.05) is 78.9 Å². The number of pyridine rings is 2. The second-order valence-corrected chi connectivity index (χ2v) is 12.7. The number of nitrogens with zero attached hydrogens (tertiary/aromatic N) is 5. The van der Waals surface area contributed by atoms with Crippen LogP contribution in [-0.2, 0) is 5.41 Å². The Balaban J connectivity index is 1.28. The molecule has 10 rings (SSSR count). The molecule has 0 unspecified atom stereocenters. The molecule has 1 spiro atoms. The van der Waals surface area contributed by atoms with Crippen molar-refractivity contribution in [2.24, 2.45) is 0 Å². The fourth-order valence-electron chi connectivity index (χ4n) is 7.49. The highest BCUT2D eigenvalue weighted by atomic mass is 32.1. The second kappa shape index (κ2) is 9.57. The van der Waals surface area contributed by atoms with Crippen molar-refractivity contribution in [1.29, 1.82) is 0 Å². The molecule has 5 nitrogen and oxygen atoms in total. The first kappa shape index (κ1) is 25.5. The summed E-state index contributed by atoms with van der Waals surface area (Å²) in [5.74, 6) is 1.85. The van der Waals surface area contributed by atoms with Gasteiger partial charge in [0.1, 0.15) is 0 Å². The molecule has 2 aliphatic carbocycles. The molecule has 4 heterocycles. The van der Waals surface area contributed by atoms with E-state index in [1.165, 1.54) is 53.9 Å². The Kier molecular flexibility index (Phi) is 5.30. The smallest absolute Gasteiger partial charge is 0.164 e. The molecule has 0 amide bonds. The van der Waals surface area contributed by atoms with Gasteiger partial charge in [0.05, 0.1) is 5.41 Å². The molecule has 2 aliphatic rings. The van der Waals surface area contributed by atoms with Crippen LogP contribution in [-0.4, -0.2) is 24.9 Å². The summed E-state index contributed by atoms with van der Waals surface area (Å²) < 4.78 is 1.31. The van der Waals surface area contributed by atoms with E-state index in [9.17, 15) is 0 Å². The Hall–Kier alpha value is -5.85. The van der Waals surface area contributed by atoms with Gasteiger partial charge in [0.15, 0.2) is 17.5 Å². The van der Waals surface area contributed by atoms with Crippen LogP contribution in [0, 0.1) is 0 Å². The molecule has 0 radical (unpaired) electrons. The highest BCUT2D eigenvalue weighted by molar-refractivity contribution is 7.22. The fraction of sp³-hybridized carbons (Fsp3) is 0.0250. The first-order chi connectivity index (χ1) is 22.8. The van der Waals surface area contributed by atoms with Crippen molar-refractivity contribution in [3.05, 3.63) is 162 Å². The number of hydrogen-bond acceptors (Lipinski definition) is 6. The monoisotopic (exact) mass is 605 g/mol. The summed E-state index contributed by atoms with van der Waals surface area (Å²) in [4.78, 5) is 24.7. The van der Waals surface area contributed by atoms with Crippen LogP contribution in [0.5, 0.6) is 0 Å². The van der Waals surface area contributed by atoms with Crippen LogP contribution in [0.2, 0.25) is 0 Å². The molecule has 0 saturated carbocycles. The van der Waals surface area contributed by atoms with Gasteiger partial charge < -0.3 is 0 Å². The van der Waals surface area contributed by atoms with Crippen molar-refractivity contribution in [2.45, 2.75) is 5.41 Å². The lowest BCUT2D eigenvalue weighted by atomic mass is 9.70. The zero-order valence-electron chi connectivity index (χ0n) is 24.4. The maximum atomic E-state index is 5.05. The molecule has 6 heteroatoms. The van der Waals surface area contributed by atoms with Crippen LogP contribution in [0.1, 0.15) is 22.3 Å². The van der Waals surface area contributed by atoms with Crippen molar-refractivity contribution in [3.63, 3.8) is 0 Å². The Bertz CT molecular complexity index is 2380. The van der Waals surface area contributed by atoms with Crippen LogP contribution >= 0.6 is 11.3 Å². The SMILES string of the molecule is c1ccc2c(c1)-c1ccccc1C21c2cc(-c3nc(-c4ccncc4)nc(-c4ccncc4)n3)ccc2-c2sc3ccccc3c21. The molecular weight excluding hydrogens is 583 g/mol. The van der Waals surface area contributed by atoms with Crippen LogP contribution in [0.4, 0.5) is 0 Å². The lowest BCUT2D eigenvalue weighted by molar-refractivity contribution is 0.802. The lowest BCUT2D eigenvalue weighted by Crippen LogP contribution is -2.25. The lowest BCUT2D eigenvalue weighted by Gasteiger charge is -2.30. The van der Waals surface area contributed by atoms with Gasteiger partial charge in [-0.05, 0) is 80.7 Å².